The molecule has 0 heterocycles. The van der Waals surface area contributed by atoms with E-state index in [9.17, 15) is 0 Å². The molecule has 0 aromatic heterocycles. The summed E-state index contributed by atoms with van der Waals surface area (Å²) in [5.41, 5.74) is 1.45. The zero-order valence-electron chi connectivity index (χ0n) is 6.70. The predicted molar refractivity (Wildman–Crippen MR) is 45.6 cm³/mol. The van der Waals surface area contributed by atoms with Crippen LogP contribution in [0.2, 0.25) is 0 Å². The molecule has 1 aliphatic rings. The summed E-state index contributed by atoms with van der Waals surface area (Å²) in [6.07, 6.45) is 1.25. The number of benzene rings is 1. The maximum absolute atomic E-state index is 4.26. The normalized spacial score (nSPS) is 28.5. The number of hydrogen-bond acceptors (Lipinski definition) is 0. The van der Waals surface area contributed by atoms with Crippen molar-refractivity contribution in [2.75, 3.05) is 7.05 Å². The summed E-state index contributed by atoms with van der Waals surface area (Å²) in [4.78, 5) is 0. The van der Waals surface area contributed by atoms with Crippen molar-refractivity contribution in [3.63, 3.8) is 0 Å². The van der Waals surface area contributed by atoms with Gasteiger partial charge in [-0.05, 0) is 12.0 Å². The van der Waals surface area contributed by atoms with Crippen LogP contribution < -0.4 is 5.32 Å². The monoisotopic (exact) mass is 146 g/mol. The van der Waals surface area contributed by atoms with Gasteiger partial charge in [0.15, 0.2) is 0 Å². The topological polar surface area (TPSA) is 14.1 Å². The van der Waals surface area contributed by atoms with E-state index in [1.165, 1.54) is 12.0 Å². The molecule has 2 atom stereocenters. The van der Waals surface area contributed by atoms with Crippen LogP contribution in [0.3, 0.4) is 0 Å². The zero-order valence-corrected chi connectivity index (χ0v) is 6.70. The Morgan fingerprint density at radius 2 is 2.00 bits per heavy atom. The van der Waals surface area contributed by atoms with Gasteiger partial charge in [0, 0.05) is 19.0 Å². The molecular formula is C10H12N. The van der Waals surface area contributed by atoms with Crippen LogP contribution in [-0.2, 0) is 0 Å². The van der Waals surface area contributed by atoms with Gasteiger partial charge in [-0.3, -0.25) is 0 Å². The fourth-order valence-corrected chi connectivity index (χ4v) is 1.53. The molecule has 0 amide bonds. The Balaban J connectivity index is 2.09. The second-order valence-electron chi connectivity index (χ2n) is 3.08. The van der Waals surface area contributed by atoms with Crippen LogP contribution in [-0.4, -0.2) is 13.1 Å². The largest absolute Gasteiger partial charge is 0.241 e. The SMILES string of the molecule is C[N]C1CC1c1ccccc1. The molecule has 2 rings (SSSR count). The highest BCUT2D eigenvalue weighted by Crippen LogP contribution is 2.40. The molecule has 1 aromatic carbocycles. The van der Waals surface area contributed by atoms with Crippen LogP contribution in [0.4, 0.5) is 0 Å². The number of hydrogen-bond donors (Lipinski definition) is 0. The Kier molecular flexibility index (Phi) is 1.66. The summed E-state index contributed by atoms with van der Waals surface area (Å²) in [7, 11) is 1.91. The smallest absolute Gasteiger partial charge is 0.0318 e. The Labute approximate surface area is 67.4 Å². The Bertz CT molecular complexity index is 230. The third-order valence-corrected chi connectivity index (χ3v) is 2.32. The summed E-state index contributed by atoms with van der Waals surface area (Å²) in [5.74, 6) is 0.723. The summed E-state index contributed by atoms with van der Waals surface area (Å²) in [6.45, 7) is 0. The van der Waals surface area contributed by atoms with Crippen LogP contribution in [0.1, 0.15) is 17.9 Å². The van der Waals surface area contributed by atoms with Crippen molar-refractivity contribution < 1.29 is 0 Å². The van der Waals surface area contributed by atoms with E-state index in [0.29, 0.717) is 6.04 Å². The van der Waals surface area contributed by atoms with Crippen molar-refractivity contribution in [2.45, 2.75) is 18.4 Å². The van der Waals surface area contributed by atoms with Crippen molar-refractivity contribution >= 4 is 0 Å². The minimum atomic E-state index is 0.609. The molecule has 1 radical (unpaired) electrons. The lowest BCUT2D eigenvalue weighted by molar-refractivity contribution is 0.767. The Morgan fingerprint density at radius 3 is 2.55 bits per heavy atom. The fourth-order valence-electron chi connectivity index (χ4n) is 1.53. The molecule has 2 unspecified atom stereocenters. The number of rotatable bonds is 2. The molecule has 1 fully saturated rings. The quantitative estimate of drug-likeness (QED) is 0.604. The standard InChI is InChI=1S/C10H12N/c1-11-10-7-9(10)8-5-3-2-4-6-8/h2-6,9-10H,7H2,1H3. The first-order valence-corrected chi connectivity index (χ1v) is 4.05. The van der Waals surface area contributed by atoms with Gasteiger partial charge in [-0.25, -0.2) is 5.32 Å². The van der Waals surface area contributed by atoms with Gasteiger partial charge in [-0.2, -0.15) is 0 Å². The second kappa shape index (κ2) is 2.67. The van der Waals surface area contributed by atoms with Crippen molar-refractivity contribution in [2.24, 2.45) is 0 Å². The molecule has 1 saturated carbocycles. The van der Waals surface area contributed by atoms with Gasteiger partial charge in [-0.15, -0.1) is 0 Å². The lowest BCUT2D eigenvalue weighted by atomic mass is 10.1. The van der Waals surface area contributed by atoms with Gasteiger partial charge in [0.05, 0.1) is 0 Å². The molecule has 11 heavy (non-hydrogen) atoms. The summed E-state index contributed by atoms with van der Waals surface area (Å²) < 4.78 is 0. The highest BCUT2D eigenvalue weighted by Gasteiger charge is 2.37. The molecule has 1 aliphatic carbocycles. The van der Waals surface area contributed by atoms with Gasteiger partial charge in [0.2, 0.25) is 0 Å². The third-order valence-electron chi connectivity index (χ3n) is 2.32. The van der Waals surface area contributed by atoms with E-state index in [1.807, 2.05) is 7.05 Å². The van der Waals surface area contributed by atoms with E-state index in [0.717, 1.165) is 5.92 Å². The van der Waals surface area contributed by atoms with Crippen LogP contribution in [0.25, 0.3) is 0 Å². The molecule has 0 aliphatic heterocycles. The van der Waals surface area contributed by atoms with Crippen LogP contribution in [0.5, 0.6) is 0 Å². The van der Waals surface area contributed by atoms with Gasteiger partial charge >= 0.3 is 0 Å². The van der Waals surface area contributed by atoms with Gasteiger partial charge in [-0.1, -0.05) is 30.3 Å². The average Bonchev–Trinajstić information content (AvgIpc) is 2.85. The highest BCUT2D eigenvalue weighted by molar-refractivity contribution is 5.27. The number of likely N-dealkylation sites (N-methyl/N-ethyl adjacent to an activating group) is 1. The van der Waals surface area contributed by atoms with E-state index < -0.39 is 0 Å². The van der Waals surface area contributed by atoms with Gasteiger partial charge in [0.1, 0.15) is 0 Å². The van der Waals surface area contributed by atoms with Crippen molar-refractivity contribution in [3.8, 4) is 0 Å². The first-order valence-electron chi connectivity index (χ1n) is 4.05. The lowest BCUT2D eigenvalue weighted by Gasteiger charge is -1.96. The Morgan fingerprint density at radius 1 is 1.27 bits per heavy atom. The summed E-state index contributed by atoms with van der Waals surface area (Å²) in [5, 5.41) is 4.26. The third kappa shape index (κ3) is 1.29. The maximum Gasteiger partial charge on any atom is 0.0318 e. The predicted octanol–water partition coefficient (Wildman–Crippen LogP) is 1.78. The van der Waals surface area contributed by atoms with Crippen LogP contribution in [0.15, 0.2) is 30.3 Å². The zero-order chi connectivity index (χ0) is 7.68. The molecular weight excluding hydrogens is 134 g/mol. The number of nitrogens with zero attached hydrogens (tertiary/aromatic N) is 1. The molecule has 0 N–H and O–H groups in total. The minimum absolute atomic E-state index is 0.609. The minimum Gasteiger partial charge on any atom is -0.241 e. The average molecular weight is 146 g/mol. The van der Waals surface area contributed by atoms with Gasteiger partial charge < -0.3 is 0 Å². The summed E-state index contributed by atoms with van der Waals surface area (Å²) in [6, 6.07) is 11.2. The lowest BCUT2D eigenvalue weighted by Crippen LogP contribution is -2.01. The first-order chi connectivity index (χ1) is 5.42. The second-order valence-corrected chi connectivity index (χ2v) is 3.08. The first kappa shape index (κ1) is 6.86. The molecule has 1 heteroatoms. The van der Waals surface area contributed by atoms with E-state index in [2.05, 4.69) is 35.6 Å². The molecule has 1 nitrogen and oxygen atoms in total. The molecule has 0 bridgehead atoms. The van der Waals surface area contributed by atoms with Crippen molar-refractivity contribution in [1.82, 2.24) is 5.32 Å². The van der Waals surface area contributed by atoms with E-state index >= 15 is 0 Å². The molecule has 0 saturated heterocycles. The van der Waals surface area contributed by atoms with Gasteiger partial charge in [0.25, 0.3) is 0 Å². The summed E-state index contributed by atoms with van der Waals surface area (Å²) >= 11 is 0. The van der Waals surface area contributed by atoms with E-state index in [1.54, 1.807) is 0 Å². The van der Waals surface area contributed by atoms with Crippen molar-refractivity contribution in [3.05, 3.63) is 35.9 Å². The highest BCUT2D eigenvalue weighted by atomic mass is 14.9. The Hall–Kier alpha value is -0.820. The molecule has 1 aromatic rings. The van der Waals surface area contributed by atoms with E-state index in [-0.39, 0.29) is 0 Å². The fraction of sp³-hybridized carbons (Fsp3) is 0.400. The van der Waals surface area contributed by atoms with E-state index in [4.69, 9.17) is 0 Å². The maximum atomic E-state index is 4.26. The molecule has 57 valence electrons. The van der Waals surface area contributed by atoms with Crippen LogP contribution in [0, 0.1) is 0 Å². The molecule has 0 spiro atoms. The van der Waals surface area contributed by atoms with Crippen molar-refractivity contribution in [1.29, 1.82) is 0 Å². The van der Waals surface area contributed by atoms with Crippen LogP contribution >= 0.6 is 0 Å².